The lowest BCUT2D eigenvalue weighted by Crippen LogP contribution is -2.36. The van der Waals surface area contributed by atoms with Crippen molar-refractivity contribution in [1.82, 2.24) is 10.0 Å². The van der Waals surface area contributed by atoms with E-state index in [0.29, 0.717) is 34.8 Å². The van der Waals surface area contributed by atoms with Gasteiger partial charge in [-0.2, -0.15) is 0 Å². The number of benzene rings is 4. The van der Waals surface area contributed by atoms with Gasteiger partial charge in [0, 0.05) is 36.5 Å². The normalized spacial score (nSPS) is 17.3. The smallest absolute Gasteiger partial charge is 0.312 e. The second-order valence-corrected chi connectivity index (χ2v) is 14.5. The number of nitrogens with zero attached hydrogens (tertiary/aromatic N) is 3. The van der Waals surface area contributed by atoms with Crippen LogP contribution in [0.4, 0.5) is 10.2 Å². The van der Waals surface area contributed by atoms with Crippen LogP contribution in [-0.4, -0.2) is 70.1 Å². The zero-order chi connectivity index (χ0) is 39.9. The molecule has 298 valence electrons. The SMILES string of the molecule is COC(=O)[C@@]1(Cc2ccc(OCCc3cc(N4CCCC4)nc4ccccc34)c(F)c2)CC1C(=O)N(Cc1ccc(OC)cc1OC)OCc1ccc(OC)cc1. The molecule has 7 rings (SSSR count). The number of methoxy groups -OCH3 is 4. The van der Waals surface area contributed by atoms with Crippen molar-refractivity contribution in [2.24, 2.45) is 11.3 Å². The van der Waals surface area contributed by atoms with Crippen LogP contribution in [0.25, 0.3) is 10.9 Å². The fourth-order valence-electron chi connectivity index (χ4n) is 7.65. The molecule has 2 heterocycles. The van der Waals surface area contributed by atoms with Crippen LogP contribution in [0.2, 0.25) is 0 Å². The molecule has 0 spiro atoms. The molecule has 12 heteroatoms. The number of hydrogen-bond donors (Lipinski definition) is 0. The summed E-state index contributed by atoms with van der Waals surface area (Å²) < 4.78 is 43.1. The molecule has 1 unspecified atom stereocenters. The van der Waals surface area contributed by atoms with Crippen LogP contribution < -0.4 is 23.8 Å². The Kier molecular flexibility index (Phi) is 12.1. The number of carbonyl (C=O) groups excluding carboxylic acids is 2. The van der Waals surface area contributed by atoms with E-state index in [1.165, 1.54) is 25.3 Å². The van der Waals surface area contributed by atoms with Gasteiger partial charge < -0.3 is 28.6 Å². The molecular formula is C45H48FN3O8. The number of carbonyl (C=O) groups is 2. The molecule has 2 fully saturated rings. The third kappa shape index (κ3) is 8.76. The summed E-state index contributed by atoms with van der Waals surface area (Å²) in [7, 11) is 5.98. The molecule has 2 atom stereocenters. The molecule has 4 aromatic carbocycles. The fourth-order valence-corrected chi connectivity index (χ4v) is 7.65. The van der Waals surface area contributed by atoms with E-state index in [9.17, 15) is 9.59 Å². The van der Waals surface area contributed by atoms with Crippen LogP contribution in [0.1, 0.15) is 41.5 Å². The Morgan fingerprint density at radius 3 is 2.28 bits per heavy atom. The Bertz CT molecular complexity index is 2210. The van der Waals surface area contributed by atoms with Gasteiger partial charge in [-0.1, -0.05) is 36.4 Å². The van der Waals surface area contributed by atoms with E-state index in [0.717, 1.165) is 53.8 Å². The van der Waals surface area contributed by atoms with Crippen LogP contribution in [0.15, 0.2) is 91.0 Å². The quantitative estimate of drug-likeness (QED) is 0.0696. The van der Waals surface area contributed by atoms with Gasteiger partial charge in [0.1, 0.15) is 29.7 Å². The molecule has 11 nitrogen and oxygen atoms in total. The van der Waals surface area contributed by atoms with Gasteiger partial charge in [-0.05, 0) is 90.9 Å². The van der Waals surface area contributed by atoms with E-state index >= 15 is 4.39 Å². The number of rotatable bonds is 17. The van der Waals surface area contributed by atoms with Crippen molar-refractivity contribution >= 4 is 28.6 Å². The molecule has 1 aliphatic carbocycles. The van der Waals surface area contributed by atoms with Crippen LogP contribution >= 0.6 is 0 Å². The van der Waals surface area contributed by atoms with Crippen LogP contribution in [0.3, 0.4) is 0 Å². The van der Waals surface area contributed by atoms with E-state index in [2.05, 4.69) is 17.0 Å². The molecule has 1 aromatic heterocycles. The molecule has 1 aliphatic heterocycles. The Balaban J connectivity index is 1.05. The van der Waals surface area contributed by atoms with Gasteiger partial charge in [-0.3, -0.25) is 14.4 Å². The maximum absolute atomic E-state index is 15.7. The summed E-state index contributed by atoms with van der Waals surface area (Å²) in [6.45, 7) is 2.35. The Hall–Kier alpha value is -5.88. The number of aromatic nitrogens is 1. The number of hydrogen-bond acceptors (Lipinski definition) is 10. The Morgan fingerprint density at radius 1 is 0.825 bits per heavy atom. The predicted octanol–water partition coefficient (Wildman–Crippen LogP) is 7.50. The largest absolute Gasteiger partial charge is 0.497 e. The van der Waals surface area contributed by atoms with E-state index < -0.39 is 29.0 Å². The lowest BCUT2D eigenvalue weighted by molar-refractivity contribution is -0.198. The average molecular weight is 778 g/mol. The van der Waals surface area contributed by atoms with Gasteiger partial charge in [-0.25, -0.2) is 14.4 Å². The second kappa shape index (κ2) is 17.5. The highest BCUT2D eigenvalue weighted by Crippen LogP contribution is 2.57. The highest BCUT2D eigenvalue weighted by atomic mass is 19.1. The lowest BCUT2D eigenvalue weighted by atomic mass is 9.93. The van der Waals surface area contributed by atoms with E-state index in [4.69, 9.17) is 33.5 Å². The summed E-state index contributed by atoms with van der Waals surface area (Å²) in [5.41, 5.74) is 2.84. The predicted molar refractivity (Wildman–Crippen MR) is 213 cm³/mol. The van der Waals surface area contributed by atoms with Crippen molar-refractivity contribution in [2.45, 2.75) is 45.3 Å². The van der Waals surface area contributed by atoms with Crippen molar-refractivity contribution in [2.75, 3.05) is 53.0 Å². The molecule has 1 saturated heterocycles. The van der Waals surface area contributed by atoms with Gasteiger partial charge >= 0.3 is 5.97 Å². The second-order valence-electron chi connectivity index (χ2n) is 14.5. The van der Waals surface area contributed by atoms with Crippen molar-refractivity contribution in [1.29, 1.82) is 0 Å². The van der Waals surface area contributed by atoms with Gasteiger partial charge in [0.2, 0.25) is 0 Å². The Labute approximate surface area is 332 Å². The minimum atomic E-state index is -1.21. The topological polar surface area (TPSA) is 109 Å². The lowest BCUT2D eigenvalue weighted by Gasteiger charge is -2.25. The molecule has 5 aromatic rings. The van der Waals surface area contributed by atoms with Crippen molar-refractivity contribution in [3.05, 3.63) is 119 Å². The fraction of sp³-hybridized carbons (Fsp3) is 0.356. The highest BCUT2D eigenvalue weighted by molar-refractivity contribution is 5.93. The molecule has 0 bridgehead atoms. The summed E-state index contributed by atoms with van der Waals surface area (Å²) >= 11 is 0. The first-order valence-corrected chi connectivity index (χ1v) is 19.2. The Morgan fingerprint density at radius 2 is 1.56 bits per heavy atom. The number of halogens is 1. The monoisotopic (exact) mass is 777 g/mol. The third-order valence-corrected chi connectivity index (χ3v) is 10.9. The number of ether oxygens (including phenoxy) is 5. The summed E-state index contributed by atoms with van der Waals surface area (Å²) in [6, 6.07) is 27.5. The molecule has 2 aliphatic rings. The number of para-hydroxylation sites is 1. The van der Waals surface area contributed by atoms with Crippen LogP contribution in [0, 0.1) is 17.2 Å². The van der Waals surface area contributed by atoms with Gasteiger partial charge in [-0.15, -0.1) is 0 Å². The van der Waals surface area contributed by atoms with Crippen LogP contribution in [0.5, 0.6) is 23.0 Å². The standard InChI is InChI=1S/C45H48FN3O8/c1-52-34-15-11-30(12-16-34)29-57-49(28-33-14-17-35(53-2)25-41(33)54-3)43(50)37-27-45(37,44(51)55-4)26-31-13-18-40(38(46)23-31)56-22-19-32-24-42(48-20-7-8-21-48)47-39-10-6-5-9-36(32)39/h5-6,9-18,23-25,37H,7-8,19-22,26-29H2,1-4H3/t37?,45-/m0/s1. The summed E-state index contributed by atoms with van der Waals surface area (Å²) in [6.07, 6.45) is 3.17. The number of amides is 1. The minimum Gasteiger partial charge on any atom is -0.497 e. The van der Waals surface area contributed by atoms with Crippen molar-refractivity contribution < 1.29 is 42.5 Å². The maximum atomic E-state index is 15.7. The first-order valence-electron chi connectivity index (χ1n) is 19.2. The number of fused-ring (bicyclic) bond motifs is 1. The number of anilines is 1. The van der Waals surface area contributed by atoms with Crippen LogP contribution in [-0.2, 0) is 45.2 Å². The molecular weight excluding hydrogens is 730 g/mol. The molecule has 0 N–H and O–H groups in total. The molecule has 0 radical (unpaired) electrons. The highest BCUT2D eigenvalue weighted by Gasteiger charge is 2.65. The summed E-state index contributed by atoms with van der Waals surface area (Å²) in [5, 5.41) is 2.32. The molecule has 1 amide bonds. The van der Waals surface area contributed by atoms with E-state index in [1.54, 1.807) is 44.6 Å². The van der Waals surface area contributed by atoms with Crippen molar-refractivity contribution in [3.8, 4) is 23.0 Å². The van der Waals surface area contributed by atoms with Gasteiger partial charge in [0.05, 0.1) is 58.4 Å². The number of esters is 1. The third-order valence-electron chi connectivity index (χ3n) is 10.9. The summed E-state index contributed by atoms with van der Waals surface area (Å²) in [4.78, 5) is 41.1. The first-order chi connectivity index (χ1) is 27.7. The zero-order valence-electron chi connectivity index (χ0n) is 32.8. The van der Waals surface area contributed by atoms with E-state index in [-0.39, 0.29) is 38.3 Å². The first kappa shape index (κ1) is 39.4. The maximum Gasteiger partial charge on any atom is 0.312 e. The number of pyridine rings is 1. The average Bonchev–Trinajstić information content (AvgIpc) is 3.69. The number of hydroxylamine groups is 2. The van der Waals surface area contributed by atoms with Gasteiger partial charge in [0.15, 0.2) is 11.6 Å². The van der Waals surface area contributed by atoms with E-state index in [1.807, 2.05) is 42.5 Å². The summed E-state index contributed by atoms with van der Waals surface area (Å²) in [5.74, 6) is 0.594. The van der Waals surface area contributed by atoms with Crippen molar-refractivity contribution in [3.63, 3.8) is 0 Å². The molecule has 1 saturated carbocycles. The zero-order valence-corrected chi connectivity index (χ0v) is 32.8. The van der Waals surface area contributed by atoms with Gasteiger partial charge in [0.25, 0.3) is 5.91 Å². The minimum absolute atomic E-state index is 0.0332. The molecule has 57 heavy (non-hydrogen) atoms.